The lowest BCUT2D eigenvalue weighted by Crippen LogP contribution is -2.45. The molecule has 0 spiro atoms. The van der Waals surface area contributed by atoms with Crippen LogP contribution in [0.1, 0.15) is 65.4 Å². The number of rotatable bonds is 7. The summed E-state index contributed by atoms with van der Waals surface area (Å²) in [6.07, 6.45) is 1.22. The van der Waals surface area contributed by atoms with Gasteiger partial charge >= 0.3 is 5.97 Å². The van der Waals surface area contributed by atoms with Gasteiger partial charge in [0.15, 0.2) is 23.2 Å². The van der Waals surface area contributed by atoms with Crippen LogP contribution in [-0.2, 0) is 19.0 Å². The number of nitrogens with one attached hydrogen (secondary N) is 1. The van der Waals surface area contributed by atoms with Crippen molar-refractivity contribution < 1.29 is 38.7 Å². The summed E-state index contributed by atoms with van der Waals surface area (Å²) in [5.41, 5.74) is -0.252. The van der Waals surface area contributed by atoms with Crippen LogP contribution in [0.3, 0.4) is 0 Å². The summed E-state index contributed by atoms with van der Waals surface area (Å²) >= 11 is 0. The number of aliphatic hydroxyl groups excluding tert-OH is 1. The lowest BCUT2D eigenvalue weighted by atomic mass is 10.2. The van der Waals surface area contributed by atoms with E-state index >= 15 is 0 Å². The number of aromatic hydroxyl groups is 1. The number of cyclic esters (lactones) is 1. The largest absolute Gasteiger partial charge is 0.503 e. The van der Waals surface area contributed by atoms with Gasteiger partial charge in [-0.3, -0.25) is 4.79 Å². The fourth-order valence-corrected chi connectivity index (χ4v) is 2.69. The summed E-state index contributed by atoms with van der Waals surface area (Å²) in [4.78, 5) is 28.7. The Morgan fingerprint density at radius 2 is 1.86 bits per heavy atom. The van der Waals surface area contributed by atoms with Gasteiger partial charge in [-0.25, -0.2) is 9.78 Å². The Hall–Kier alpha value is -2.43. The van der Waals surface area contributed by atoms with Crippen LogP contribution in [0.4, 0.5) is 0 Å². The van der Waals surface area contributed by atoms with Crippen molar-refractivity contribution in [3.63, 3.8) is 0 Å². The predicted molar refractivity (Wildman–Crippen MR) is 133 cm³/mol. The molecule has 202 valence electrons. The standard InChI is InChI=1S/C19H28N2O7.C4H10O.C2H6/c1-11(2)8-27-13-7-12(3)28-19(24)14(10-26-9-13)21-18(23)16-17(22)15(25-4)5-6-20-16;1-4(2)3-5;1-2/h5-6,11-14,22H,7-10H2,1-4H3,(H,21,23);4-5H,3H2,1-2H3;1-2H3/t12?,13?,14-;;/m0../s1. The van der Waals surface area contributed by atoms with E-state index in [-0.39, 0.29) is 30.8 Å². The first-order chi connectivity index (χ1) is 16.6. The molecule has 2 heterocycles. The summed E-state index contributed by atoms with van der Waals surface area (Å²) < 4.78 is 21.8. The van der Waals surface area contributed by atoms with Crippen molar-refractivity contribution in [3.8, 4) is 11.5 Å². The number of hydrogen-bond acceptors (Lipinski definition) is 9. The van der Waals surface area contributed by atoms with Crippen LogP contribution < -0.4 is 10.1 Å². The Balaban J connectivity index is 0.00000146. The van der Waals surface area contributed by atoms with Crippen LogP contribution in [0.25, 0.3) is 0 Å². The Morgan fingerprint density at radius 3 is 2.40 bits per heavy atom. The quantitative estimate of drug-likeness (QED) is 0.483. The normalized spacial score (nSPS) is 20.2. The number of methoxy groups -OCH3 is 1. The topological polar surface area (TPSA) is 136 Å². The van der Waals surface area contributed by atoms with E-state index in [1.165, 1.54) is 19.4 Å². The van der Waals surface area contributed by atoms with E-state index in [4.69, 9.17) is 24.1 Å². The molecule has 35 heavy (non-hydrogen) atoms. The lowest BCUT2D eigenvalue weighted by molar-refractivity contribution is -0.151. The van der Waals surface area contributed by atoms with Gasteiger partial charge in [0, 0.05) is 31.9 Å². The zero-order valence-electron chi connectivity index (χ0n) is 22.4. The zero-order chi connectivity index (χ0) is 27.0. The number of carbonyl (C=O) groups is 2. The molecule has 1 amide bonds. The Kier molecular flexibility index (Phi) is 16.7. The van der Waals surface area contributed by atoms with Crippen LogP contribution in [0.5, 0.6) is 11.5 Å². The second-order valence-electron chi connectivity index (χ2n) is 8.68. The lowest BCUT2D eigenvalue weighted by Gasteiger charge is -2.21. The first kappa shape index (κ1) is 32.6. The third-order valence-electron chi connectivity index (χ3n) is 4.44. The van der Waals surface area contributed by atoms with Gasteiger partial charge in [-0.2, -0.15) is 0 Å². The van der Waals surface area contributed by atoms with E-state index in [1.54, 1.807) is 6.92 Å². The van der Waals surface area contributed by atoms with Gasteiger partial charge in [0.25, 0.3) is 5.91 Å². The summed E-state index contributed by atoms with van der Waals surface area (Å²) in [6.45, 7) is 14.9. The smallest absolute Gasteiger partial charge is 0.331 e. The minimum atomic E-state index is -1.04. The van der Waals surface area contributed by atoms with Gasteiger partial charge < -0.3 is 34.5 Å². The molecule has 0 radical (unpaired) electrons. The first-order valence-corrected chi connectivity index (χ1v) is 12.1. The molecule has 3 N–H and O–H groups in total. The van der Waals surface area contributed by atoms with Gasteiger partial charge in [-0.1, -0.05) is 41.5 Å². The molecule has 10 nitrogen and oxygen atoms in total. The van der Waals surface area contributed by atoms with Crippen molar-refractivity contribution >= 4 is 11.9 Å². The predicted octanol–water partition coefficient (Wildman–Crippen LogP) is 2.95. The van der Waals surface area contributed by atoms with Gasteiger partial charge in [-0.15, -0.1) is 0 Å². The molecule has 0 aromatic carbocycles. The van der Waals surface area contributed by atoms with E-state index in [2.05, 4.69) is 10.3 Å². The van der Waals surface area contributed by atoms with Crippen LogP contribution in [0, 0.1) is 11.8 Å². The van der Waals surface area contributed by atoms with E-state index in [0.29, 0.717) is 31.5 Å². The molecule has 1 aromatic rings. The van der Waals surface area contributed by atoms with Gasteiger partial charge in [0.1, 0.15) is 6.10 Å². The number of aliphatic hydroxyl groups is 1. The minimum Gasteiger partial charge on any atom is -0.503 e. The summed E-state index contributed by atoms with van der Waals surface area (Å²) in [5.74, 6) is -0.840. The number of carbonyl (C=O) groups excluding carboxylic acids is 2. The maximum atomic E-state index is 12.5. The van der Waals surface area contributed by atoms with Crippen molar-refractivity contribution in [2.45, 2.75) is 73.1 Å². The van der Waals surface area contributed by atoms with Crippen LogP contribution in [-0.4, -0.2) is 78.9 Å². The fourth-order valence-electron chi connectivity index (χ4n) is 2.69. The van der Waals surface area contributed by atoms with Gasteiger partial charge in [-0.05, 0) is 18.8 Å². The van der Waals surface area contributed by atoms with Crippen LogP contribution in [0.15, 0.2) is 12.3 Å². The van der Waals surface area contributed by atoms with Crippen molar-refractivity contribution in [1.29, 1.82) is 0 Å². The molecule has 1 fully saturated rings. The Morgan fingerprint density at radius 1 is 1.23 bits per heavy atom. The fraction of sp³-hybridized carbons (Fsp3) is 0.720. The highest BCUT2D eigenvalue weighted by Crippen LogP contribution is 2.27. The second kappa shape index (κ2) is 17.9. The number of pyridine rings is 1. The number of nitrogens with zero attached hydrogens (tertiary/aromatic N) is 1. The monoisotopic (exact) mass is 500 g/mol. The van der Waals surface area contributed by atoms with E-state index in [0.717, 1.165) is 0 Å². The zero-order valence-corrected chi connectivity index (χ0v) is 22.4. The van der Waals surface area contributed by atoms with Crippen molar-refractivity contribution in [1.82, 2.24) is 10.3 Å². The average molecular weight is 501 g/mol. The molecule has 2 rings (SSSR count). The molecule has 2 unspecified atom stereocenters. The molecular formula is C25H44N2O8. The van der Waals surface area contributed by atoms with Crippen LogP contribution in [0.2, 0.25) is 0 Å². The highest BCUT2D eigenvalue weighted by atomic mass is 16.6. The maximum Gasteiger partial charge on any atom is 0.331 e. The number of esters is 1. The maximum absolute atomic E-state index is 12.5. The van der Waals surface area contributed by atoms with Crippen molar-refractivity contribution in [2.24, 2.45) is 11.8 Å². The third kappa shape index (κ3) is 12.7. The number of aromatic nitrogens is 1. The average Bonchev–Trinajstić information content (AvgIpc) is 2.88. The van der Waals surface area contributed by atoms with E-state index in [1.807, 2.05) is 41.5 Å². The number of amides is 1. The third-order valence-corrected chi connectivity index (χ3v) is 4.44. The molecule has 1 aliphatic heterocycles. The molecule has 3 atom stereocenters. The minimum absolute atomic E-state index is 0.0798. The molecule has 0 aliphatic carbocycles. The summed E-state index contributed by atoms with van der Waals surface area (Å²) in [6, 6.07) is 0.383. The summed E-state index contributed by atoms with van der Waals surface area (Å²) in [7, 11) is 1.36. The Bertz CT molecular complexity index is 742. The highest BCUT2D eigenvalue weighted by Gasteiger charge is 2.30. The van der Waals surface area contributed by atoms with E-state index in [9.17, 15) is 14.7 Å². The Labute approximate surface area is 209 Å². The SMILES string of the molecule is CC.CC(C)CO.COc1ccnc(C(=O)N[C@H]2COCC(OCC(C)C)CC(C)OC2=O)c1O. The molecule has 1 saturated heterocycles. The second-order valence-corrected chi connectivity index (χ2v) is 8.68. The molecule has 0 saturated carbocycles. The van der Waals surface area contributed by atoms with Crippen LogP contribution >= 0.6 is 0 Å². The molecule has 0 bridgehead atoms. The summed E-state index contributed by atoms with van der Waals surface area (Å²) in [5, 5.41) is 20.7. The van der Waals surface area contributed by atoms with Crippen molar-refractivity contribution in [2.75, 3.05) is 33.5 Å². The first-order valence-electron chi connectivity index (χ1n) is 12.1. The van der Waals surface area contributed by atoms with Crippen molar-refractivity contribution in [3.05, 3.63) is 18.0 Å². The highest BCUT2D eigenvalue weighted by molar-refractivity contribution is 5.98. The molecule has 1 aromatic heterocycles. The molecule has 10 heteroatoms. The van der Waals surface area contributed by atoms with Gasteiger partial charge in [0.05, 0.1) is 26.4 Å². The van der Waals surface area contributed by atoms with E-state index < -0.39 is 29.8 Å². The number of hydrogen-bond donors (Lipinski definition) is 3. The molecular weight excluding hydrogens is 456 g/mol. The molecule has 1 aliphatic rings. The van der Waals surface area contributed by atoms with Gasteiger partial charge in [0.2, 0.25) is 0 Å². The number of ether oxygens (including phenoxy) is 4.